The molecule has 6 heteroatoms. The third kappa shape index (κ3) is 3.30. The number of carbonyl (C=O) groups is 1. The van der Waals surface area contributed by atoms with E-state index in [1.165, 1.54) is 4.68 Å². The van der Waals surface area contributed by atoms with Crippen molar-refractivity contribution in [2.75, 3.05) is 0 Å². The lowest BCUT2D eigenvalue weighted by atomic mass is 9.82. The number of carbonyl (C=O) groups excluding carboxylic acids is 1. The Bertz CT molecular complexity index is 709. The van der Waals surface area contributed by atoms with E-state index in [0.29, 0.717) is 12.8 Å². The first-order valence-electron chi connectivity index (χ1n) is 8.26. The van der Waals surface area contributed by atoms with E-state index < -0.39 is 18.3 Å². The number of nitrogens with zero attached hydrogens (tertiary/aromatic N) is 2. The van der Waals surface area contributed by atoms with Crippen molar-refractivity contribution in [1.29, 1.82) is 0 Å². The highest BCUT2D eigenvalue weighted by atomic mass is 16.7. The van der Waals surface area contributed by atoms with Crippen molar-refractivity contribution >= 4 is 18.5 Å². The first kappa shape index (κ1) is 16.9. The zero-order chi connectivity index (χ0) is 17.4. The SMILES string of the molecule is CC1(C)OB(c2cnn(C(=O)CCc3ccccc3)c2)OC1(C)C. The lowest BCUT2D eigenvalue weighted by Gasteiger charge is -2.32. The van der Waals surface area contributed by atoms with E-state index in [1.54, 1.807) is 12.4 Å². The molecule has 0 unspecified atom stereocenters. The van der Waals surface area contributed by atoms with Gasteiger partial charge in [0.1, 0.15) is 0 Å². The van der Waals surface area contributed by atoms with Gasteiger partial charge in [-0.25, -0.2) is 4.68 Å². The molecule has 0 radical (unpaired) electrons. The molecule has 3 rings (SSSR count). The maximum absolute atomic E-state index is 12.3. The van der Waals surface area contributed by atoms with Crippen LogP contribution in [-0.2, 0) is 15.7 Å². The van der Waals surface area contributed by atoms with Crippen LogP contribution in [0.2, 0.25) is 0 Å². The van der Waals surface area contributed by atoms with Crippen molar-refractivity contribution < 1.29 is 14.1 Å². The summed E-state index contributed by atoms with van der Waals surface area (Å²) in [6.45, 7) is 8.01. The predicted octanol–water partition coefficient (Wildman–Crippen LogP) is 2.46. The Labute approximate surface area is 143 Å². The molecule has 1 fully saturated rings. The van der Waals surface area contributed by atoms with Crippen LogP contribution in [0.15, 0.2) is 42.7 Å². The molecule has 126 valence electrons. The molecule has 0 spiro atoms. The average Bonchev–Trinajstić information content (AvgIpc) is 3.09. The number of hydrogen-bond donors (Lipinski definition) is 0. The van der Waals surface area contributed by atoms with Gasteiger partial charge in [-0.1, -0.05) is 30.3 Å². The van der Waals surface area contributed by atoms with E-state index in [1.807, 2.05) is 58.0 Å². The average molecular weight is 326 g/mol. The van der Waals surface area contributed by atoms with Gasteiger partial charge in [-0.15, -0.1) is 0 Å². The largest absolute Gasteiger partial charge is 0.498 e. The van der Waals surface area contributed by atoms with Gasteiger partial charge >= 0.3 is 7.12 Å². The highest BCUT2D eigenvalue weighted by molar-refractivity contribution is 6.62. The Hall–Kier alpha value is -1.92. The van der Waals surface area contributed by atoms with E-state index in [-0.39, 0.29) is 5.91 Å². The summed E-state index contributed by atoms with van der Waals surface area (Å²) in [5.74, 6) is -0.0402. The van der Waals surface area contributed by atoms with Crippen LogP contribution in [0.25, 0.3) is 0 Å². The molecule has 5 nitrogen and oxygen atoms in total. The van der Waals surface area contributed by atoms with Crippen LogP contribution in [0.3, 0.4) is 0 Å². The number of rotatable bonds is 4. The van der Waals surface area contributed by atoms with Crippen LogP contribution in [0, 0.1) is 0 Å². The summed E-state index contributed by atoms with van der Waals surface area (Å²) in [5.41, 5.74) is 1.10. The summed E-state index contributed by atoms with van der Waals surface area (Å²) in [5, 5.41) is 4.18. The summed E-state index contributed by atoms with van der Waals surface area (Å²) in [6, 6.07) is 9.96. The van der Waals surface area contributed by atoms with Crippen LogP contribution in [-0.4, -0.2) is 34.0 Å². The van der Waals surface area contributed by atoms with Gasteiger partial charge in [-0.2, -0.15) is 5.10 Å². The quantitative estimate of drug-likeness (QED) is 0.810. The molecular formula is C18H23BN2O3. The molecule has 0 bridgehead atoms. The number of benzene rings is 1. The molecule has 1 saturated heterocycles. The van der Waals surface area contributed by atoms with Crippen LogP contribution < -0.4 is 5.46 Å². The molecule has 1 aromatic carbocycles. The zero-order valence-corrected chi connectivity index (χ0v) is 14.7. The molecule has 0 atom stereocenters. The summed E-state index contributed by atoms with van der Waals surface area (Å²) < 4.78 is 13.3. The van der Waals surface area contributed by atoms with Crippen molar-refractivity contribution in [1.82, 2.24) is 9.78 Å². The minimum Gasteiger partial charge on any atom is -0.399 e. The Morgan fingerprint density at radius 3 is 2.38 bits per heavy atom. The maximum atomic E-state index is 12.3. The fourth-order valence-electron chi connectivity index (χ4n) is 2.58. The number of aryl methyl sites for hydroxylation is 1. The molecule has 1 aliphatic heterocycles. The number of aromatic nitrogens is 2. The Morgan fingerprint density at radius 2 is 1.75 bits per heavy atom. The molecule has 0 saturated carbocycles. The predicted molar refractivity (Wildman–Crippen MR) is 93.3 cm³/mol. The normalized spacial score (nSPS) is 18.8. The van der Waals surface area contributed by atoms with Crippen molar-refractivity contribution in [3.05, 3.63) is 48.3 Å². The van der Waals surface area contributed by atoms with Crippen molar-refractivity contribution in [3.8, 4) is 0 Å². The van der Waals surface area contributed by atoms with Crippen LogP contribution in [0.1, 0.15) is 44.5 Å². The minimum atomic E-state index is -0.495. The zero-order valence-electron chi connectivity index (χ0n) is 14.7. The highest BCUT2D eigenvalue weighted by Gasteiger charge is 2.52. The monoisotopic (exact) mass is 326 g/mol. The van der Waals surface area contributed by atoms with Gasteiger partial charge < -0.3 is 9.31 Å². The van der Waals surface area contributed by atoms with Gasteiger partial charge in [0.05, 0.1) is 11.2 Å². The lowest BCUT2D eigenvalue weighted by molar-refractivity contribution is 0.00578. The first-order valence-corrected chi connectivity index (χ1v) is 8.26. The van der Waals surface area contributed by atoms with Crippen LogP contribution in [0.4, 0.5) is 0 Å². The standard InChI is InChI=1S/C18H23BN2O3/c1-17(2)18(3,4)24-19(23-17)15-12-20-21(13-15)16(22)11-10-14-8-6-5-7-9-14/h5-9,12-13H,10-11H2,1-4H3. The van der Waals surface area contributed by atoms with Crippen molar-refractivity contribution in [2.24, 2.45) is 0 Å². The summed E-state index contributed by atoms with van der Waals surface area (Å²) in [6.07, 6.45) is 4.46. The van der Waals surface area contributed by atoms with Gasteiger partial charge in [0.25, 0.3) is 0 Å². The van der Waals surface area contributed by atoms with Gasteiger partial charge in [0.2, 0.25) is 5.91 Å². The minimum absolute atomic E-state index is 0.0402. The van der Waals surface area contributed by atoms with Gasteiger partial charge in [0, 0.05) is 24.3 Å². The van der Waals surface area contributed by atoms with E-state index >= 15 is 0 Å². The fraction of sp³-hybridized carbons (Fsp3) is 0.444. The van der Waals surface area contributed by atoms with E-state index in [2.05, 4.69) is 5.10 Å². The fourth-order valence-corrected chi connectivity index (χ4v) is 2.58. The van der Waals surface area contributed by atoms with E-state index in [9.17, 15) is 4.79 Å². The molecule has 2 heterocycles. The summed E-state index contributed by atoms with van der Waals surface area (Å²) in [4.78, 5) is 12.3. The van der Waals surface area contributed by atoms with Gasteiger partial charge in [0.15, 0.2) is 0 Å². The van der Waals surface area contributed by atoms with Gasteiger partial charge in [-0.3, -0.25) is 4.79 Å². The van der Waals surface area contributed by atoms with E-state index in [4.69, 9.17) is 9.31 Å². The lowest BCUT2D eigenvalue weighted by Crippen LogP contribution is -2.41. The van der Waals surface area contributed by atoms with Crippen LogP contribution >= 0.6 is 0 Å². The second kappa shape index (κ2) is 6.18. The van der Waals surface area contributed by atoms with E-state index in [0.717, 1.165) is 11.0 Å². The summed E-state index contributed by atoms with van der Waals surface area (Å²) in [7, 11) is -0.495. The molecule has 1 aromatic heterocycles. The maximum Gasteiger partial charge on any atom is 0.498 e. The van der Waals surface area contributed by atoms with Gasteiger partial charge in [-0.05, 0) is 39.7 Å². The third-order valence-corrected chi connectivity index (χ3v) is 4.85. The van der Waals surface area contributed by atoms with Crippen LogP contribution in [0.5, 0.6) is 0 Å². The molecular weight excluding hydrogens is 303 g/mol. The summed E-state index contributed by atoms with van der Waals surface area (Å²) >= 11 is 0. The third-order valence-electron chi connectivity index (χ3n) is 4.85. The molecule has 2 aromatic rings. The molecule has 24 heavy (non-hydrogen) atoms. The topological polar surface area (TPSA) is 53.4 Å². The Morgan fingerprint density at radius 1 is 1.12 bits per heavy atom. The number of hydrogen-bond acceptors (Lipinski definition) is 4. The second-order valence-corrected chi connectivity index (χ2v) is 7.19. The smallest absolute Gasteiger partial charge is 0.399 e. The Kier molecular flexibility index (Phi) is 4.36. The first-order chi connectivity index (χ1) is 11.3. The molecule has 0 amide bonds. The Balaban J connectivity index is 1.64. The second-order valence-electron chi connectivity index (χ2n) is 7.19. The molecule has 0 N–H and O–H groups in total. The molecule has 0 aliphatic carbocycles. The molecule has 1 aliphatic rings. The van der Waals surface area contributed by atoms with Crippen molar-refractivity contribution in [3.63, 3.8) is 0 Å². The van der Waals surface area contributed by atoms with Crippen molar-refractivity contribution in [2.45, 2.75) is 51.7 Å². The highest BCUT2D eigenvalue weighted by Crippen LogP contribution is 2.36.